The maximum absolute atomic E-state index is 13.6. The fourth-order valence-corrected chi connectivity index (χ4v) is 4.41. The molecule has 1 aliphatic carbocycles. The zero-order valence-electron chi connectivity index (χ0n) is 19.5. The van der Waals surface area contributed by atoms with E-state index in [2.05, 4.69) is 29.2 Å². The summed E-state index contributed by atoms with van der Waals surface area (Å²) in [4.78, 5) is 31.2. The van der Waals surface area contributed by atoms with E-state index >= 15 is 0 Å². The van der Waals surface area contributed by atoms with E-state index in [9.17, 15) is 9.59 Å². The molecule has 0 aliphatic heterocycles. The van der Waals surface area contributed by atoms with Crippen molar-refractivity contribution in [2.75, 3.05) is 12.0 Å². The first-order valence-corrected chi connectivity index (χ1v) is 11.8. The number of aromatic nitrogens is 1. The second kappa shape index (κ2) is 11.4. The molecular formula is C29H30N2O3. The van der Waals surface area contributed by atoms with Crippen molar-refractivity contribution in [2.24, 2.45) is 5.92 Å². The van der Waals surface area contributed by atoms with Gasteiger partial charge in [-0.25, -0.2) is 4.79 Å². The van der Waals surface area contributed by atoms with Gasteiger partial charge in [0.05, 0.1) is 13.7 Å². The number of nitrogens with zero attached hydrogens (tertiary/aromatic N) is 2. The van der Waals surface area contributed by atoms with Crippen molar-refractivity contribution >= 4 is 23.6 Å². The molecule has 1 fully saturated rings. The summed E-state index contributed by atoms with van der Waals surface area (Å²) in [5.74, 6) is -0.183. The minimum atomic E-state index is -0.408. The first-order chi connectivity index (χ1) is 16.6. The molecule has 0 radical (unpaired) electrons. The van der Waals surface area contributed by atoms with E-state index in [0.29, 0.717) is 6.54 Å². The fraction of sp³-hybridized carbons (Fsp3) is 0.276. The number of rotatable bonds is 7. The molecule has 2 aromatic carbocycles. The van der Waals surface area contributed by atoms with Crippen LogP contribution in [0.25, 0.3) is 17.2 Å². The summed E-state index contributed by atoms with van der Waals surface area (Å²) in [6.07, 6.45) is 12.0. The molecule has 1 saturated carbocycles. The van der Waals surface area contributed by atoms with Gasteiger partial charge in [0, 0.05) is 30.1 Å². The van der Waals surface area contributed by atoms with Crippen molar-refractivity contribution in [1.82, 2.24) is 4.98 Å². The van der Waals surface area contributed by atoms with Crippen LogP contribution in [0.15, 0.2) is 79.1 Å². The molecule has 4 rings (SSSR count). The fourth-order valence-electron chi connectivity index (χ4n) is 4.41. The maximum atomic E-state index is 13.6. The highest BCUT2D eigenvalue weighted by atomic mass is 16.5. The first-order valence-electron chi connectivity index (χ1n) is 11.8. The molecule has 1 aliphatic rings. The van der Waals surface area contributed by atoms with Crippen LogP contribution in [0.2, 0.25) is 0 Å². The van der Waals surface area contributed by atoms with Crippen molar-refractivity contribution in [2.45, 2.75) is 38.6 Å². The summed E-state index contributed by atoms with van der Waals surface area (Å²) < 4.78 is 4.69. The lowest BCUT2D eigenvalue weighted by Gasteiger charge is -2.30. The number of methoxy groups -OCH3 is 1. The predicted octanol–water partition coefficient (Wildman–Crippen LogP) is 6.05. The molecule has 0 unspecified atom stereocenters. The van der Waals surface area contributed by atoms with Gasteiger partial charge in [0.15, 0.2) is 0 Å². The first kappa shape index (κ1) is 23.4. The van der Waals surface area contributed by atoms with E-state index < -0.39 is 5.97 Å². The molecule has 3 aromatic rings. The molecule has 174 valence electrons. The summed E-state index contributed by atoms with van der Waals surface area (Å²) in [6.45, 7) is 0.493. The van der Waals surface area contributed by atoms with E-state index in [1.165, 1.54) is 19.6 Å². The normalized spacial score (nSPS) is 14.1. The van der Waals surface area contributed by atoms with Crippen molar-refractivity contribution in [1.29, 1.82) is 0 Å². The molecule has 0 saturated heterocycles. The van der Waals surface area contributed by atoms with Crippen molar-refractivity contribution < 1.29 is 14.3 Å². The lowest BCUT2D eigenvalue weighted by Crippen LogP contribution is -2.36. The second-order valence-corrected chi connectivity index (χ2v) is 8.65. The number of amides is 1. The van der Waals surface area contributed by atoms with E-state index in [-0.39, 0.29) is 11.8 Å². The van der Waals surface area contributed by atoms with Gasteiger partial charge in [-0.1, -0.05) is 61.7 Å². The number of ether oxygens (including phenoxy) is 1. The van der Waals surface area contributed by atoms with Crippen molar-refractivity contribution in [3.05, 3.63) is 90.3 Å². The van der Waals surface area contributed by atoms with Crippen LogP contribution in [-0.2, 0) is 20.9 Å². The average Bonchev–Trinajstić information content (AvgIpc) is 2.91. The molecule has 1 heterocycles. The number of hydrogen-bond donors (Lipinski definition) is 0. The minimum absolute atomic E-state index is 0.0534. The van der Waals surface area contributed by atoms with Gasteiger partial charge in [0.25, 0.3) is 0 Å². The quantitative estimate of drug-likeness (QED) is 0.322. The SMILES string of the molecule is COC(=O)/C=C/c1cccc(N(Cc2ccc(-c3cccnc3)cc2)C(=O)C2CCCCC2)c1. The number of hydrogen-bond acceptors (Lipinski definition) is 4. The van der Waals surface area contributed by atoms with Crippen LogP contribution in [0.3, 0.4) is 0 Å². The largest absolute Gasteiger partial charge is 0.466 e. The van der Waals surface area contributed by atoms with E-state index in [0.717, 1.165) is 53.6 Å². The molecular weight excluding hydrogens is 424 g/mol. The van der Waals surface area contributed by atoms with Gasteiger partial charge in [-0.05, 0) is 59.4 Å². The zero-order chi connectivity index (χ0) is 23.8. The highest BCUT2D eigenvalue weighted by Gasteiger charge is 2.27. The van der Waals surface area contributed by atoms with Gasteiger partial charge in [-0.3, -0.25) is 9.78 Å². The number of esters is 1. The Morgan fingerprint density at radius 2 is 1.79 bits per heavy atom. The smallest absolute Gasteiger partial charge is 0.330 e. The van der Waals surface area contributed by atoms with Gasteiger partial charge < -0.3 is 9.64 Å². The van der Waals surface area contributed by atoms with Crippen LogP contribution in [0.4, 0.5) is 5.69 Å². The number of benzene rings is 2. The van der Waals surface area contributed by atoms with Crippen LogP contribution in [0.5, 0.6) is 0 Å². The molecule has 0 N–H and O–H groups in total. The zero-order valence-corrected chi connectivity index (χ0v) is 19.5. The Morgan fingerprint density at radius 1 is 1.00 bits per heavy atom. The Kier molecular flexibility index (Phi) is 7.87. The molecule has 1 amide bonds. The van der Waals surface area contributed by atoms with Gasteiger partial charge in [0.2, 0.25) is 5.91 Å². The third-order valence-electron chi connectivity index (χ3n) is 6.30. The molecule has 5 nitrogen and oxygen atoms in total. The second-order valence-electron chi connectivity index (χ2n) is 8.65. The third kappa shape index (κ3) is 5.98. The Balaban J connectivity index is 1.60. The predicted molar refractivity (Wildman–Crippen MR) is 135 cm³/mol. The number of anilines is 1. The van der Waals surface area contributed by atoms with E-state index in [1.807, 2.05) is 47.5 Å². The molecule has 1 aromatic heterocycles. The van der Waals surface area contributed by atoms with Crippen molar-refractivity contribution in [3.8, 4) is 11.1 Å². The number of pyridine rings is 1. The Morgan fingerprint density at radius 3 is 2.50 bits per heavy atom. The van der Waals surface area contributed by atoms with Gasteiger partial charge >= 0.3 is 5.97 Å². The summed E-state index contributed by atoms with van der Waals surface area (Å²) in [5, 5.41) is 0. The Labute approximate surface area is 201 Å². The maximum Gasteiger partial charge on any atom is 0.330 e. The van der Waals surface area contributed by atoms with Crippen LogP contribution in [-0.4, -0.2) is 24.0 Å². The molecule has 5 heteroatoms. The molecule has 0 bridgehead atoms. The van der Waals surface area contributed by atoms with Crippen molar-refractivity contribution in [3.63, 3.8) is 0 Å². The molecule has 34 heavy (non-hydrogen) atoms. The lowest BCUT2D eigenvalue weighted by atomic mass is 9.88. The lowest BCUT2D eigenvalue weighted by molar-refractivity contribution is -0.134. The summed E-state index contributed by atoms with van der Waals surface area (Å²) in [5.41, 5.74) is 4.90. The van der Waals surface area contributed by atoms with Crippen LogP contribution in [0.1, 0.15) is 43.2 Å². The Hall–Kier alpha value is -3.73. The summed E-state index contributed by atoms with van der Waals surface area (Å²) in [7, 11) is 1.35. The summed E-state index contributed by atoms with van der Waals surface area (Å²) in [6, 6.07) is 20.0. The number of carbonyl (C=O) groups is 2. The highest BCUT2D eigenvalue weighted by Crippen LogP contribution is 2.30. The minimum Gasteiger partial charge on any atom is -0.466 e. The standard InChI is InChI=1S/C29H30N2O3/c1-34-28(32)17-14-22-7-5-11-27(19-22)31(29(33)25-8-3-2-4-9-25)21-23-12-15-24(16-13-23)26-10-6-18-30-20-26/h5-7,10-20,25H,2-4,8-9,21H2,1H3/b17-14+. The van der Waals surface area contributed by atoms with Gasteiger partial charge in [0.1, 0.15) is 0 Å². The molecule has 0 spiro atoms. The Bertz CT molecular complexity index is 1130. The van der Waals surface area contributed by atoms with Gasteiger partial charge in [-0.2, -0.15) is 0 Å². The van der Waals surface area contributed by atoms with Crippen LogP contribution >= 0.6 is 0 Å². The monoisotopic (exact) mass is 454 g/mol. The van der Waals surface area contributed by atoms with Gasteiger partial charge in [-0.15, -0.1) is 0 Å². The summed E-state index contributed by atoms with van der Waals surface area (Å²) >= 11 is 0. The van der Waals surface area contributed by atoms with E-state index in [1.54, 1.807) is 12.3 Å². The number of carbonyl (C=O) groups excluding carboxylic acids is 2. The average molecular weight is 455 g/mol. The van der Waals surface area contributed by atoms with E-state index in [4.69, 9.17) is 4.74 Å². The molecule has 0 atom stereocenters. The van der Waals surface area contributed by atoms with Crippen LogP contribution in [0, 0.1) is 5.92 Å². The topological polar surface area (TPSA) is 59.5 Å². The third-order valence-corrected chi connectivity index (χ3v) is 6.30. The highest BCUT2D eigenvalue weighted by molar-refractivity contribution is 5.95. The van der Waals surface area contributed by atoms with Crippen LogP contribution < -0.4 is 4.90 Å².